The second-order valence-corrected chi connectivity index (χ2v) is 8.33. The number of hydrogen-bond donors (Lipinski definition) is 0. The molecule has 2 aromatic carbocycles. The van der Waals surface area contributed by atoms with E-state index in [9.17, 15) is 9.59 Å². The second-order valence-electron chi connectivity index (χ2n) is 8.33. The fraction of sp³-hybridized carbons (Fsp3) is 0.417. The average Bonchev–Trinajstić information content (AvgIpc) is 2.96. The summed E-state index contributed by atoms with van der Waals surface area (Å²) in [4.78, 5) is 26.6. The zero-order chi connectivity index (χ0) is 20.9. The summed E-state index contributed by atoms with van der Waals surface area (Å²) < 4.78 is 12.1. The Hall–Kier alpha value is -2.82. The van der Waals surface area contributed by atoms with Crippen molar-refractivity contribution in [2.24, 2.45) is 0 Å². The minimum absolute atomic E-state index is 0.210. The molecule has 29 heavy (non-hydrogen) atoms. The van der Waals surface area contributed by atoms with E-state index >= 15 is 0 Å². The number of fused-ring (bicyclic) bond motifs is 2. The molecule has 2 aliphatic rings. The van der Waals surface area contributed by atoms with Gasteiger partial charge in [0.05, 0.1) is 18.2 Å². The van der Waals surface area contributed by atoms with Gasteiger partial charge >= 0.3 is 0 Å². The third-order valence-electron chi connectivity index (χ3n) is 6.51. The van der Waals surface area contributed by atoms with Crippen molar-refractivity contribution < 1.29 is 19.1 Å². The summed E-state index contributed by atoms with van der Waals surface area (Å²) in [5.74, 6) is 1.44. The van der Waals surface area contributed by atoms with Gasteiger partial charge < -0.3 is 9.47 Å². The van der Waals surface area contributed by atoms with Crippen LogP contribution in [-0.4, -0.2) is 36.0 Å². The summed E-state index contributed by atoms with van der Waals surface area (Å²) in [6, 6.07) is 7.01. The molecular weight excluding hydrogens is 366 g/mol. The van der Waals surface area contributed by atoms with Crippen LogP contribution >= 0.6 is 0 Å². The molecule has 2 heterocycles. The lowest BCUT2D eigenvalue weighted by Crippen LogP contribution is -2.42. The standard InChI is InChI=1S/C24H27NO4/c1-14-15(2)21-17(16(3)20(14)28-5)10-11-24(4,29-21)12-13-25-22(26)18-8-6-7-9-19(18)23(25)27/h6-9H,10-13H2,1-5H3. The Morgan fingerprint density at radius 2 is 1.66 bits per heavy atom. The Kier molecular flexibility index (Phi) is 4.64. The highest BCUT2D eigenvalue weighted by Gasteiger charge is 2.39. The summed E-state index contributed by atoms with van der Waals surface area (Å²) in [5, 5.41) is 0. The van der Waals surface area contributed by atoms with E-state index in [1.807, 2.05) is 0 Å². The van der Waals surface area contributed by atoms with Crippen LogP contribution in [0.25, 0.3) is 0 Å². The lowest BCUT2D eigenvalue weighted by molar-refractivity contribution is 0.0394. The van der Waals surface area contributed by atoms with Crippen LogP contribution in [0.5, 0.6) is 11.5 Å². The van der Waals surface area contributed by atoms with Crippen molar-refractivity contribution in [1.82, 2.24) is 4.90 Å². The van der Waals surface area contributed by atoms with Crippen LogP contribution in [0.3, 0.4) is 0 Å². The number of carbonyl (C=O) groups is 2. The summed E-state index contributed by atoms with van der Waals surface area (Å²) in [6.07, 6.45) is 2.31. The van der Waals surface area contributed by atoms with E-state index < -0.39 is 5.60 Å². The molecule has 0 N–H and O–H groups in total. The molecule has 0 saturated heterocycles. The fourth-order valence-electron chi connectivity index (χ4n) is 4.55. The molecular formula is C24H27NO4. The van der Waals surface area contributed by atoms with E-state index in [2.05, 4.69) is 27.7 Å². The van der Waals surface area contributed by atoms with Crippen molar-refractivity contribution in [3.05, 3.63) is 57.6 Å². The third kappa shape index (κ3) is 3.00. The maximum atomic E-state index is 12.6. The van der Waals surface area contributed by atoms with Crippen LogP contribution in [0.15, 0.2) is 24.3 Å². The van der Waals surface area contributed by atoms with E-state index in [0.29, 0.717) is 24.1 Å². The molecule has 152 valence electrons. The maximum absolute atomic E-state index is 12.6. The molecule has 0 spiro atoms. The van der Waals surface area contributed by atoms with Gasteiger partial charge in [0.25, 0.3) is 11.8 Å². The van der Waals surface area contributed by atoms with Gasteiger partial charge in [-0.2, -0.15) is 0 Å². The number of benzene rings is 2. The largest absolute Gasteiger partial charge is 0.496 e. The Balaban J connectivity index is 1.55. The highest BCUT2D eigenvalue weighted by molar-refractivity contribution is 6.21. The van der Waals surface area contributed by atoms with Gasteiger partial charge in [0.15, 0.2) is 0 Å². The summed E-state index contributed by atoms with van der Waals surface area (Å²) in [7, 11) is 1.71. The molecule has 5 nitrogen and oxygen atoms in total. The predicted molar refractivity (Wildman–Crippen MR) is 111 cm³/mol. The van der Waals surface area contributed by atoms with Crippen LogP contribution in [0.4, 0.5) is 0 Å². The first-order valence-corrected chi connectivity index (χ1v) is 10.1. The van der Waals surface area contributed by atoms with Crippen LogP contribution in [-0.2, 0) is 6.42 Å². The normalized spacial score (nSPS) is 20.4. The summed E-state index contributed by atoms with van der Waals surface area (Å²) >= 11 is 0. The predicted octanol–water partition coefficient (Wildman–Crippen LogP) is 4.39. The van der Waals surface area contributed by atoms with Crippen LogP contribution in [0.1, 0.15) is 62.7 Å². The van der Waals surface area contributed by atoms with Crippen molar-refractivity contribution in [3.8, 4) is 11.5 Å². The number of ether oxygens (including phenoxy) is 2. The van der Waals surface area contributed by atoms with E-state index in [1.54, 1.807) is 31.4 Å². The lowest BCUT2D eigenvalue weighted by Gasteiger charge is -2.38. The average molecular weight is 393 g/mol. The Bertz CT molecular complexity index is 991. The molecule has 2 aromatic rings. The zero-order valence-electron chi connectivity index (χ0n) is 17.7. The maximum Gasteiger partial charge on any atom is 0.261 e. The van der Waals surface area contributed by atoms with Crippen molar-refractivity contribution in [2.45, 2.75) is 52.6 Å². The van der Waals surface area contributed by atoms with E-state index in [0.717, 1.165) is 41.0 Å². The molecule has 2 aliphatic heterocycles. The minimum atomic E-state index is -0.430. The molecule has 4 rings (SSSR count). The van der Waals surface area contributed by atoms with Crippen LogP contribution in [0.2, 0.25) is 0 Å². The molecule has 1 atom stereocenters. The molecule has 1 unspecified atom stereocenters. The van der Waals surface area contributed by atoms with Gasteiger partial charge in [0, 0.05) is 18.5 Å². The van der Waals surface area contributed by atoms with Crippen molar-refractivity contribution in [3.63, 3.8) is 0 Å². The van der Waals surface area contributed by atoms with Gasteiger partial charge in [-0.25, -0.2) is 0 Å². The van der Waals surface area contributed by atoms with E-state index in [-0.39, 0.29) is 11.8 Å². The van der Waals surface area contributed by atoms with Gasteiger partial charge in [0.2, 0.25) is 0 Å². The van der Waals surface area contributed by atoms with Gasteiger partial charge in [-0.3, -0.25) is 14.5 Å². The van der Waals surface area contributed by atoms with E-state index in [4.69, 9.17) is 9.47 Å². The Morgan fingerprint density at radius 3 is 2.24 bits per heavy atom. The van der Waals surface area contributed by atoms with Crippen molar-refractivity contribution in [1.29, 1.82) is 0 Å². The topological polar surface area (TPSA) is 55.8 Å². The Morgan fingerprint density at radius 1 is 1.03 bits per heavy atom. The molecule has 0 aromatic heterocycles. The molecule has 0 fully saturated rings. The quantitative estimate of drug-likeness (QED) is 0.723. The second kappa shape index (κ2) is 6.90. The van der Waals surface area contributed by atoms with Crippen molar-refractivity contribution in [2.75, 3.05) is 13.7 Å². The summed E-state index contributed by atoms with van der Waals surface area (Å²) in [5.41, 5.74) is 5.07. The van der Waals surface area contributed by atoms with Gasteiger partial charge in [-0.05, 0) is 69.4 Å². The smallest absolute Gasteiger partial charge is 0.261 e. The molecule has 5 heteroatoms. The SMILES string of the molecule is COc1c(C)c(C)c2c(c1C)CCC(C)(CCN1C(=O)c3ccccc3C1=O)O2. The highest BCUT2D eigenvalue weighted by Crippen LogP contribution is 2.44. The minimum Gasteiger partial charge on any atom is -0.496 e. The fourth-order valence-corrected chi connectivity index (χ4v) is 4.55. The number of hydrogen-bond acceptors (Lipinski definition) is 4. The Labute approximate surface area is 171 Å². The van der Waals surface area contributed by atoms with Gasteiger partial charge in [-0.1, -0.05) is 12.1 Å². The lowest BCUT2D eigenvalue weighted by atomic mass is 9.85. The first-order valence-electron chi connectivity index (χ1n) is 10.1. The van der Waals surface area contributed by atoms with E-state index in [1.165, 1.54) is 10.5 Å². The first-order chi connectivity index (χ1) is 13.8. The molecule has 2 amide bonds. The number of carbonyl (C=O) groups excluding carboxylic acids is 2. The number of nitrogens with zero attached hydrogens (tertiary/aromatic N) is 1. The highest BCUT2D eigenvalue weighted by atomic mass is 16.5. The molecule has 0 saturated carbocycles. The number of methoxy groups -OCH3 is 1. The molecule has 0 radical (unpaired) electrons. The van der Waals surface area contributed by atoms with Gasteiger partial charge in [-0.15, -0.1) is 0 Å². The number of rotatable bonds is 4. The third-order valence-corrected chi connectivity index (χ3v) is 6.51. The van der Waals surface area contributed by atoms with Gasteiger partial charge in [0.1, 0.15) is 17.1 Å². The summed E-state index contributed by atoms with van der Waals surface area (Å²) in [6.45, 7) is 8.62. The number of amides is 2. The monoisotopic (exact) mass is 393 g/mol. The van der Waals surface area contributed by atoms with Crippen LogP contribution < -0.4 is 9.47 Å². The van der Waals surface area contributed by atoms with Crippen molar-refractivity contribution >= 4 is 11.8 Å². The van der Waals surface area contributed by atoms with Crippen LogP contribution in [0, 0.1) is 20.8 Å². The first kappa shape index (κ1) is 19.5. The zero-order valence-corrected chi connectivity index (χ0v) is 17.7. The molecule has 0 aliphatic carbocycles. The molecule has 0 bridgehead atoms. The number of imide groups is 1.